The van der Waals surface area contributed by atoms with Crippen molar-refractivity contribution in [2.75, 3.05) is 12.0 Å². The van der Waals surface area contributed by atoms with Gasteiger partial charge >= 0.3 is 5.97 Å². The molecule has 0 aliphatic carbocycles. The Bertz CT molecular complexity index is 1570. The van der Waals surface area contributed by atoms with Gasteiger partial charge in [0.15, 0.2) is 0 Å². The maximum atomic E-state index is 13.7. The van der Waals surface area contributed by atoms with Gasteiger partial charge in [-0.2, -0.15) is 0 Å². The second-order valence-electron chi connectivity index (χ2n) is 8.15. The molecule has 0 unspecified atom stereocenters. The largest absolute Gasteiger partial charge is 0.465 e. The molecule has 8 heteroatoms. The number of ether oxygens (including phenoxy) is 1. The summed E-state index contributed by atoms with van der Waals surface area (Å²) in [6.07, 6.45) is 3.38. The van der Waals surface area contributed by atoms with Crippen molar-refractivity contribution >= 4 is 35.0 Å². The van der Waals surface area contributed by atoms with E-state index in [1.807, 2.05) is 30.3 Å². The molecule has 0 atom stereocenters. The first-order valence-corrected chi connectivity index (χ1v) is 11.3. The van der Waals surface area contributed by atoms with E-state index in [-0.39, 0.29) is 17.2 Å². The van der Waals surface area contributed by atoms with E-state index in [0.29, 0.717) is 34.0 Å². The Balaban J connectivity index is 1.54. The molecule has 5 rings (SSSR count). The number of anilines is 1. The molecule has 4 aromatic rings. The highest BCUT2D eigenvalue weighted by Gasteiger charge is 2.33. The number of para-hydroxylation sites is 1. The van der Waals surface area contributed by atoms with Crippen LogP contribution in [0.5, 0.6) is 0 Å². The number of carbonyl (C=O) groups excluding carboxylic acids is 2. The highest BCUT2D eigenvalue weighted by Crippen LogP contribution is 2.37. The Kier molecular flexibility index (Phi) is 6.22. The minimum Gasteiger partial charge on any atom is -0.465 e. The minimum atomic E-state index is -0.549. The number of non-ortho nitro benzene ring substituents is 1. The molecule has 3 aromatic carbocycles. The normalized spacial score (nSPS) is 14.1. The van der Waals surface area contributed by atoms with Gasteiger partial charge in [0.25, 0.3) is 11.6 Å². The Morgan fingerprint density at radius 1 is 0.919 bits per heavy atom. The zero-order valence-electron chi connectivity index (χ0n) is 19.7. The Morgan fingerprint density at radius 2 is 1.62 bits per heavy atom. The molecule has 0 saturated carbocycles. The van der Waals surface area contributed by atoms with E-state index in [2.05, 4.69) is 0 Å². The molecule has 0 bridgehead atoms. The van der Waals surface area contributed by atoms with E-state index in [1.165, 1.54) is 24.1 Å². The standard InChI is InChI=1S/C29H20N2O6/c1-36-29(33)24-9-5-6-10-25(24)30-26(19-7-3-2-4-8-19)18-21(28(30)32)17-23-15-16-27(37-23)20-11-13-22(14-12-20)31(34)35/h2-18H,1H3/b21-17+. The van der Waals surface area contributed by atoms with Crippen LogP contribution in [-0.2, 0) is 9.53 Å². The van der Waals surface area contributed by atoms with Crippen molar-refractivity contribution in [2.24, 2.45) is 0 Å². The number of carbonyl (C=O) groups is 2. The number of amides is 1. The number of nitrogens with zero attached hydrogens (tertiary/aromatic N) is 2. The van der Waals surface area contributed by atoms with Crippen molar-refractivity contribution in [1.82, 2.24) is 0 Å². The monoisotopic (exact) mass is 492 g/mol. The van der Waals surface area contributed by atoms with Gasteiger partial charge in [-0.05, 0) is 54.1 Å². The molecule has 2 heterocycles. The van der Waals surface area contributed by atoms with Gasteiger partial charge in [0.1, 0.15) is 11.5 Å². The number of rotatable bonds is 6. The summed E-state index contributed by atoms with van der Waals surface area (Å²) in [7, 11) is 1.30. The molecule has 182 valence electrons. The predicted octanol–water partition coefficient (Wildman–Crippen LogP) is 6.11. The molecule has 1 aromatic heterocycles. The number of benzene rings is 3. The van der Waals surface area contributed by atoms with Crippen molar-refractivity contribution in [3.05, 3.63) is 130 Å². The molecule has 0 fully saturated rings. The minimum absolute atomic E-state index is 0.0138. The van der Waals surface area contributed by atoms with Crippen LogP contribution in [0.3, 0.4) is 0 Å². The molecule has 8 nitrogen and oxygen atoms in total. The maximum absolute atomic E-state index is 13.7. The van der Waals surface area contributed by atoms with Gasteiger partial charge < -0.3 is 9.15 Å². The average molecular weight is 492 g/mol. The number of hydrogen-bond donors (Lipinski definition) is 0. The van der Waals surface area contributed by atoms with E-state index in [9.17, 15) is 19.7 Å². The van der Waals surface area contributed by atoms with Gasteiger partial charge in [0.2, 0.25) is 0 Å². The first-order chi connectivity index (χ1) is 18.0. The van der Waals surface area contributed by atoms with E-state index >= 15 is 0 Å². The van der Waals surface area contributed by atoms with Gasteiger partial charge in [0.05, 0.1) is 29.0 Å². The first-order valence-electron chi connectivity index (χ1n) is 11.3. The number of hydrogen-bond acceptors (Lipinski definition) is 6. The maximum Gasteiger partial charge on any atom is 0.339 e. The van der Waals surface area contributed by atoms with Crippen LogP contribution in [0, 0.1) is 10.1 Å². The molecule has 0 saturated heterocycles. The number of nitro groups is 1. The van der Waals surface area contributed by atoms with Gasteiger partial charge in [-0.25, -0.2) is 4.79 Å². The quantitative estimate of drug-likeness (QED) is 0.139. The molecule has 0 N–H and O–H groups in total. The number of methoxy groups -OCH3 is 1. The van der Waals surface area contributed by atoms with Crippen LogP contribution in [0.25, 0.3) is 23.1 Å². The Labute approximate surface area is 211 Å². The highest BCUT2D eigenvalue weighted by molar-refractivity contribution is 6.24. The van der Waals surface area contributed by atoms with Gasteiger partial charge in [-0.3, -0.25) is 19.8 Å². The summed E-state index contributed by atoms with van der Waals surface area (Å²) in [6, 6.07) is 25.6. The molecule has 0 spiro atoms. The molecular formula is C29H20N2O6. The van der Waals surface area contributed by atoms with Gasteiger partial charge in [-0.1, -0.05) is 42.5 Å². The zero-order valence-corrected chi connectivity index (χ0v) is 19.7. The van der Waals surface area contributed by atoms with Gasteiger partial charge in [-0.15, -0.1) is 0 Å². The fourth-order valence-corrected chi connectivity index (χ4v) is 4.11. The van der Waals surface area contributed by atoms with Crippen molar-refractivity contribution in [3.8, 4) is 11.3 Å². The Morgan fingerprint density at radius 3 is 2.32 bits per heavy atom. The van der Waals surface area contributed by atoms with Crippen LogP contribution in [-0.4, -0.2) is 23.9 Å². The van der Waals surface area contributed by atoms with Crippen molar-refractivity contribution in [1.29, 1.82) is 0 Å². The summed E-state index contributed by atoms with van der Waals surface area (Å²) in [5.41, 5.74) is 3.09. The van der Waals surface area contributed by atoms with E-state index in [0.717, 1.165) is 5.56 Å². The summed E-state index contributed by atoms with van der Waals surface area (Å²) in [4.78, 5) is 38.1. The fraction of sp³-hybridized carbons (Fsp3) is 0.0345. The third kappa shape index (κ3) is 4.55. The lowest BCUT2D eigenvalue weighted by atomic mass is 10.1. The lowest BCUT2D eigenvalue weighted by molar-refractivity contribution is -0.384. The summed E-state index contributed by atoms with van der Waals surface area (Å²) < 4.78 is 10.9. The molecule has 1 aliphatic rings. The first kappa shape index (κ1) is 23.5. The summed E-state index contributed by atoms with van der Waals surface area (Å²) in [6.45, 7) is 0. The number of nitro benzene ring substituents is 1. The summed E-state index contributed by atoms with van der Waals surface area (Å²) in [5, 5.41) is 10.9. The van der Waals surface area contributed by atoms with E-state index in [1.54, 1.807) is 60.7 Å². The lowest BCUT2D eigenvalue weighted by Gasteiger charge is -2.22. The van der Waals surface area contributed by atoms with Crippen LogP contribution < -0.4 is 4.90 Å². The fourth-order valence-electron chi connectivity index (χ4n) is 4.11. The van der Waals surface area contributed by atoms with Crippen LogP contribution in [0.2, 0.25) is 0 Å². The van der Waals surface area contributed by atoms with Crippen molar-refractivity contribution in [3.63, 3.8) is 0 Å². The smallest absolute Gasteiger partial charge is 0.339 e. The second-order valence-corrected chi connectivity index (χ2v) is 8.15. The molecule has 0 radical (unpaired) electrons. The second kappa shape index (κ2) is 9.79. The molecule has 1 aliphatic heterocycles. The van der Waals surface area contributed by atoms with Gasteiger partial charge in [0, 0.05) is 23.3 Å². The van der Waals surface area contributed by atoms with Crippen LogP contribution in [0.1, 0.15) is 21.7 Å². The van der Waals surface area contributed by atoms with Crippen LogP contribution in [0.4, 0.5) is 11.4 Å². The van der Waals surface area contributed by atoms with Crippen LogP contribution >= 0.6 is 0 Å². The molecule has 37 heavy (non-hydrogen) atoms. The third-order valence-corrected chi connectivity index (χ3v) is 5.89. The summed E-state index contributed by atoms with van der Waals surface area (Å²) in [5.74, 6) is 0.0614. The number of furan rings is 1. The highest BCUT2D eigenvalue weighted by atomic mass is 16.6. The molecular weight excluding hydrogens is 472 g/mol. The topological polar surface area (TPSA) is 103 Å². The summed E-state index contributed by atoms with van der Waals surface area (Å²) >= 11 is 0. The third-order valence-electron chi connectivity index (χ3n) is 5.89. The average Bonchev–Trinajstić information content (AvgIpc) is 3.53. The van der Waals surface area contributed by atoms with E-state index < -0.39 is 10.9 Å². The van der Waals surface area contributed by atoms with Crippen molar-refractivity contribution in [2.45, 2.75) is 0 Å². The number of esters is 1. The van der Waals surface area contributed by atoms with E-state index in [4.69, 9.17) is 9.15 Å². The SMILES string of the molecule is COC(=O)c1ccccc1N1C(=O)/C(=C/c2ccc(-c3ccc([N+](=O)[O-])cc3)o2)C=C1c1ccccc1. The zero-order chi connectivity index (χ0) is 25.9. The lowest BCUT2D eigenvalue weighted by Crippen LogP contribution is -2.27. The van der Waals surface area contributed by atoms with Crippen LogP contribution in [0.15, 0.2) is 107 Å². The molecule has 1 amide bonds. The Hall–Kier alpha value is -5.24. The predicted molar refractivity (Wildman–Crippen MR) is 138 cm³/mol. The van der Waals surface area contributed by atoms with Crippen molar-refractivity contribution < 1.29 is 23.7 Å².